The van der Waals surface area contributed by atoms with Gasteiger partial charge in [0.05, 0.1) is 45.0 Å². The number of aromatic amines is 1. The zero-order valence-corrected chi connectivity index (χ0v) is 35.0. The van der Waals surface area contributed by atoms with Gasteiger partial charge in [-0.05, 0) is 22.3 Å². The highest BCUT2D eigenvalue weighted by Gasteiger charge is 2.09. The molecule has 20 heteroatoms. The molecule has 3 aromatic heterocycles. The van der Waals surface area contributed by atoms with Crippen molar-refractivity contribution in [2.24, 2.45) is 0 Å². The number of benzene rings is 4. The van der Waals surface area contributed by atoms with Gasteiger partial charge in [-0.25, -0.2) is 27.6 Å². The summed E-state index contributed by atoms with van der Waals surface area (Å²) in [6, 6.07) is 38.8. The van der Waals surface area contributed by atoms with E-state index in [-0.39, 0.29) is 60.2 Å². The van der Waals surface area contributed by atoms with Crippen LogP contribution in [-0.4, -0.2) is 41.9 Å². The summed E-state index contributed by atoms with van der Waals surface area (Å²) in [4.78, 5) is 45.7. The molecule has 0 aliphatic carbocycles. The molecule has 0 aliphatic rings. The minimum atomic E-state index is -0.738. The SMILES string of the molecule is C.C.C.ClCOCc1ccccc1.Nc1[nH]c(=O)ncc1F.Nc1nc(=O)n(COCc2ccccc2)cc1F.O=c1nc(NCOCc2ccccc2)c(F)cn1COCc1ccccc1. The van der Waals surface area contributed by atoms with E-state index in [1.165, 1.54) is 0 Å². The Balaban J connectivity index is 0.000000484. The van der Waals surface area contributed by atoms with Crippen LogP contribution in [-0.2, 0) is 58.8 Å². The number of anilines is 3. The van der Waals surface area contributed by atoms with Crippen LogP contribution in [0.1, 0.15) is 44.5 Å². The van der Waals surface area contributed by atoms with E-state index in [2.05, 4.69) is 20.3 Å². The van der Waals surface area contributed by atoms with Crippen LogP contribution in [0.15, 0.2) is 154 Å². The number of nitrogen functional groups attached to an aromatic ring is 2. The minimum Gasteiger partial charge on any atom is -0.383 e. The van der Waals surface area contributed by atoms with Crippen molar-refractivity contribution in [3.05, 3.63) is 211 Å². The second kappa shape index (κ2) is 32.5. The van der Waals surface area contributed by atoms with E-state index in [0.29, 0.717) is 26.4 Å². The van der Waals surface area contributed by atoms with Gasteiger partial charge in [0.1, 0.15) is 32.1 Å². The molecule has 16 nitrogen and oxygen atoms in total. The Hall–Kier alpha value is -7.16. The largest absolute Gasteiger partial charge is 0.383 e. The number of hydrogen-bond donors (Lipinski definition) is 4. The van der Waals surface area contributed by atoms with Gasteiger partial charge in [0.25, 0.3) is 0 Å². The molecule has 0 bridgehead atoms. The molecule has 360 valence electrons. The topological polar surface area (TPSA) is 217 Å². The maximum atomic E-state index is 14.1. The third-order valence-corrected chi connectivity index (χ3v) is 8.20. The second-order valence-corrected chi connectivity index (χ2v) is 13.1. The summed E-state index contributed by atoms with van der Waals surface area (Å²) < 4.78 is 62.6. The van der Waals surface area contributed by atoms with E-state index in [1.54, 1.807) is 0 Å². The molecule has 0 aliphatic heterocycles. The van der Waals surface area contributed by atoms with Gasteiger partial charge in [-0.15, -0.1) is 0 Å². The summed E-state index contributed by atoms with van der Waals surface area (Å²) >= 11 is 5.33. The van der Waals surface area contributed by atoms with E-state index in [9.17, 15) is 27.6 Å². The summed E-state index contributed by atoms with van der Waals surface area (Å²) in [5.74, 6) is -2.93. The van der Waals surface area contributed by atoms with E-state index >= 15 is 0 Å². The van der Waals surface area contributed by atoms with Crippen LogP contribution < -0.4 is 33.9 Å². The third kappa shape index (κ3) is 22.1. The number of nitrogens with zero attached hydrogens (tertiary/aromatic N) is 5. The molecule has 0 saturated carbocycles. The van der Waals surface area contributed by atoms with Gasteiger partial charge in [0.15, 0.2) is 29.1 Å². The first kappa shape index (κ1) is 57.9. The van der Waals surface area contributed by atoms with Gasteiger partial charge >= 0.3 is 17.1 Å². The molecule has 6 N–H and O–H groups in total. The lowest BCUT2D eigenvalue weighted by Gasteiger charge is -2.10. The molecule has 4 aromatic carbocycles. The summed E-state index contributed by atoms with van der Waals surface area (Å²) in [7, 11) is 0. The van der Waals surface area contributed by atoms with Crippen molar-refractivity contribution in [2.45, 2.75) is 62.2 Å². The number of nitrogens with two attached hydrogens (primary N) is 2. The number of halogens is 4. The van der Waals surface area contributed by atoms with Gasteiger partial charge in [-0.1, -0.05) is 155 Å². The van der Waals surface area contributed by atoms with Crippen LogP contribution in [0.4, 0.5) is 30.6 Å². The Morgan fingerprint density at radius 2 is 0.970 bits per heavy atom. The molecule has 0 amide bonds. The molecule has 67 heavy (non-hydrogen) atoms. The van der Waals surface area contributed by atoms with Gasteiger partial charge in [0, 0.05) is 0 Å². The smallest absolute Gasteiger partial charge is 0.351 e. The van der Waals surface area contributed by atoms with Crippen LogP contribution >= 0.6 is 11.6 Å². The molecule has 0 spiro atoms. The highest BCUT2D eigenvalue weighted by molar-refractivity contribution is 6.17. The van der Waals surface area contributed by atoms with Crippen LogP contribution in [0.3, 0.4) is 0 Å². The quantitative estimate of drug-likeness (QED) is 0.0410. The van der Waals surface area contributed by atoms with Crippen molar-refractivity contribution >= 4 is 29.1 Å². The van der Waals surface area contributed by atoms with E-state index < -0.39 is 40.3 Å². The number of alkyl halides is 1. The normalized spacial score (nSPS) is 9.85. The van der Waals surface area contributed by atoms with Crippen LogP contribution in [0, 0.1) is 17.5 Å². The molecule has 0 fully saturated rings. The number of hydrogen-bond acceptors (Lipinski definition) is 13. The Kier molecular flexibility index (Phi) is 28.1. The molecule has 0 atom stereocenters. The van der Waals surface area contributed by atoms with Crippen LogP contribution in [0.5, 0.6) is 0 Å². The fourth-order valence-electron chi connectivity index (χ4n) is 4.91. The van der Waals surface area contributed by atoms with Gasteiger partial charge < -0.3 is 35.7 Å². The van der Waals surface area contributed by atoms with Crippen molar-refractivity contribution < 1.29 is 32.1 Å². The maximum Gasteiger partial charge on any atom is 0.351 e. The first-order chi connectivity index (χ1) is 31.0. The van der Waals surface area contributed by atoms with E-state index in [4.69, 9.17) is 42.0 Å². The average Bonchev–Trinajstić information content (AvgIpc) is 3.31. The third-order valence-electron chi connectivity index (χ3n) is 8.04. The van der Waals surface area contributed by atoms with E-state index in [1.807, 2.05) is 126 Å². The molecule has 7 aromatic rings. The van der Waals surface area contributed by atoms with Gasteiger partial charge in [0.2, 0.25) is 0 Å². The van der Waals surface area contributed by atoms with E-state index in [0.717, 1.165) is 50.0 Å². The molecular formula is C47H57ClF3N9O7. The zero-order valence-electron chi connectivity index (χ0n) is 34.2. The highest BCUT2D eigenvalue weighted by Crippen LogP contribution is 2.09. The van der Waals surface area contributed by atoms with Crippen molar-refractivity contribution in [3.8, 4) is 0 Å². The average molecular weight is 952 g/mol. The summed E-state index contributed by atoms with van der Waals surface area (Å²) in [5.41, 5.74) is 12.3. The Morgan fingerprint density at radius 1 is 0.567 bits per heavy atom. The molecule has 7 rings (SSSR count). The molecule has 3 heterocycles. The lowest BCUT2D eigenvalue weighted by Crippen LogP contribution is -2.26. The van der Waals surface area contributed by atoms with Crippen LogP contribution in [0.25, 0.3) is 0 Å². The number of nitrogens with one attached hydrogen (secondary N) is 2. The van der Waals surface area contributed by atoms with Crippen molar-refractivity contribution in [3.63, 3.8) is 0 Å². The predicted molar refractivity (Wildman–Crippen MR) is 255 cm³/mol. The molecule has 0 unspecified atom stereocenters. The summed E-state index contributed by atoms with van der Waals surface area (Å²) in [6.07, 6.45) is 2.82. The molecule has 0 saturated heterocycles. The number of aromatic nitrogens is 6. The number of rotatable bonds is 16. The van der Waals surface area contributed by atoms with Crippen molar-refractivity contribution in [2.75, 3.05) is 29.6 Å². The second-order valence-electron chi connectivity index (χ2n) is 12.9. The Labute approximate surface area is 392 Å². The molecule has 0 radical (unpaired) electrons. The lowest BCUT2D eigenvalue weighted by molar-refractivity contribution is 0.0602. The van der Waals surface area contributed by atoms with Crippen LogP contribution in [0.2, 0.25) is 0 Å². The summed E-state index contributed by atoms with van der Waals surface area (Å²) in [5, 5.41) is 2.67. The first-order valence-corrected chi connectivity index (χ1v) is 19.6. The van der Waals surface area contributed by atoms with Crippen molar-refractivity contribution in [1.82, 2.24) is 29.1 Å². The molecular weight excluding hydrogens is 895 g/mol. The highest BCUT2D eigenvalue weighted by atomic mass is 35.5. The Morgan fingerprint density at radius 3 is 1.39 bits per heavy atom. The number of H-pyrrole nitrogens is 1. The maximum absolute atomic E-state index is 14.1. The van der Waals surface area contributed by atoms with Crippen molar-refractivity contribution in [1.29, 1.82) is 0 Å². The zero-order chi connectivity index (χ0) is 45.9. The fraction of sp³-hybridized carbons (Fsp3) is 0.234. The monoisotopic (exact) mass is 951 g/mol. The van der Waals surface area contributed by atoms with Gasteiger partial charge in [-0.2, -0.15) is 15.0 Å². The standard InChI is InChI=1S/C20H20FN3O3.C12H12FN3O2.C8H9ClO.C4H4FN3O.3CH4/c21-18-11-24(15-27-13-17-9-5-2-6-10-17)20(25)23-19(18)22-14-26-12-16-7-3-1-4-8-16;13-10-6-16(12(17)15-11(10)14)8-18-7-9-4-2-1-3-5-9;9-7-10-6-8-4-2-1-3-5-8;5-2-1-7-4(9)8-3(2)6;;;/h1-11H,12-15H2,(H,22,23,25);1-6H,7-8H2,(H2,14,15,17);1-5H,6-7H2;1H,(H3,6,7,8,9);3*1H4. The Bertz CT molecular complexity index is 2600. The lowest BCUT2D eigenvalue weighted by atomic mass is 10.2. The minimum absolute atomic E-state index is 0. The first-order valence-electron chi connectivity index (χ1n) is 19.1. The summed E-state index contributed by atoms with van der Waals surface area (Å²) in [6.45, 7) is 1.51. The fourth-order valence-corrected chi connectivity index (χ4v) is 4.99. The van der Waals surface area contributed by atoms with Gasteiger partial charge in [-0.3, -0.25) is 14.1 Å². The predicted octanol–water partition coefficient (Wildman–Crippen LogP) is 8.08. The number of ether oxygens (including phenoxy) is 4.